The summed E-state index contributed by atoms with van der Waals surface area (Å²) in [4.78, 5) is 0. The second kappa shape index (κ2) is 5.36. The first kappa shape index (κ1) is 13.3. The highest BCUT2D eigenvalue weighted by Crippen LogP contribution is 2.61. The van der Waals surface area contributed by atoms with E-state index in [0.29, 0.717) is 6.04 Å². The van der Waals surface area contributed by atoms with Crippen LogP contribution in [0.3, 0.4) is 0 Å². The van der Waals surface area contributed by atoms with Gasteiger partial charge in [0.15, 0.2) is 0 Å². The van der Waals surface area contributed by atoms with Gasteiger partial charge in [-0.3, -0.25) is 0 Å². The van der Waals surface area contributed by atoms with Crippen molar-refractivity contribution in [3.8, 4) is 0 Å². The third-order valence-electron chi connectivity index (χ3n) is 5.66. The van der Waals surface area contributed by atoms with Crippen LogP contribution in [0.15, 0.2) is 0 Å². The van der Waals surface area contributed by atoms with Gasteiger partial charge in [-0.15, -0.1) is 0 Å². The van der Waals surface area contributed by atoms with Crippen molar-refractivity contribution in [1.29, 1.82) is 0 Å². The summed E-state index contributed by atoms with van der Waals surface area (Å²) in [7, 11) is 0. The molecule has 1 unspecified atom stereocenters. The van der Waals surface area contributed by atoms with Crippen LogP contribution in [-0.2, 0) is 0 Å². The first-order chi connectivity index (χ1) is 8.65. The van der Waals surface area contributed by atoms with Crippen LogP contribution in [0.2, 0.25) is 0 Å². The van der Waals surface area contributed by atoms with E-state index in [1.165, 1.54) is 24.3 Å². The van der Waals surface area contributed by atoms with Crippen LogP contribution in [0.5, 0.6) is 0 Å². The number of thioether (sulfide) groups is 1. The van der Waals surface area contributed by atoms with Gasteiger partial charge in [-0.1, -0.05) is 0 Å². The van der Waals surface area contributed by atoms with Gasteiger partial charge in [0.1, 0.15) is 0 Å². The standard InChI is InChI=1S/C16H29NS/c1-12(17)2-4-18-5-3-16-9-13-6-14(10-16)8-15(7-13)11-16/h12-15H,2-11,17H2,1H3. The maximum Gasteiger partial charge on any atom is 0.00183 e. The number of nitrogens with two attached hydrogens (primary N) is 1. The van der Waals surface area contributed by atoms with E-state index in [0.717, 1.165) is 23.2 Å². The van der Waals surface area contributed by atoms with Crippen molar-refractivity contribution in [3.63, 3.8) is 0 Å². The Balaban J connectivity index is 1.45. The first-order valence-corrected chi connectivity index (χ1v) is 9.14. The first-order valence-electron chi connectivity index (χ1n) is 7.98. The number of rotatable bonds is 6. The van der Waals surface area contributed by atoms with Crippen molar-refractivity contribution >= 4 is 11.8 Å². The third-order valence-corrected chi connectivity index (χ3v) is 6.68. The zero-order chi connectivity index (χ0) is 12.6. The summed E-state index contributed by atoms with van der Waals surface area (Å²) in [5, 5.41) is 0. The van der Waals surface area contributed by atoms with Gasteiger partial charge in [0.05, 0.1) is 0 Å². The quantitative estimate of drug-likeness (QED) is 0.734. The van der Waals surface area contributed by atoms with Crippen LogP contribution in [-0.4, -0.2) is 17.5 Å². The molecule has 0 heterocycles. The molecule has 0 saturated heterocycles. The molecule has 0 amide bonds. The zero-order valence-corrected chi connectivity index (χ0v) is 12.7. The van der Waals surface area contributed by atoms with E-state index >= 15 is 0 Å². The molecule has 4 saturated carbocycles. The summed E-state index contributed by atoms with van der Waals surface area (Å²) in [5.41, 5.74) is 6.60. The summed E-state index contributed by atoms with van der Waals surface area (Å²) in [5.74, 6) is 6.00. The molecule has 0 spiro atoms. The molecule has 0 aromatic carbocycles. The van der Waals surface area contributed by atoms with Gasteiger partial charge in [-0.2, -0.15) is 11.8 Å². The molecule has 1 nitrogen and oxygen atoms in total. The molecule has 1 atom stereocenters. The summed E-state index contributed by atoms with van der Waals surface area (Å²) in [6.45, 7) is 2.12. The minimum Gasteiger partial charge on any atom is -0.328 e. The van der Waals surface area contributed by atoms with Crippen molar-refractivity contribution in [2.75, 3.05) is 11.5 Å². The molecule has 4 aliphatic carbocycles. The average Bonchev–Trinajstić information content (AvgIpc) is 2.25. The maximum atomic E-state index is 5.81. The van der Waals surface area contributed by atoms with Crippen LogP contribution in [0.4, 0.5) is 0 Å². The third kappa shape index (κ3) is 2.90. The molecule has 4 rings (SSSR count). The molecule has 104 valence electrons. The maximum absolute atomic E-state index is 5.81. The highest BCUT2D eigenvalue weighted by atomic mass is 32.2. The Morgan fingerprint density at radius 1 is 1.06 bits per heavy atom. The molecule has 4 aliphatic rings. The Kier molecular flexibility index (Phi) is 3.96. The lowest BCUT2D eigenvalue weighted by Crippen LogP contribution is -2.46. The van der Waals surface area contributed by atoms with Gasteiger partial charge in [0.2, 0.25) is 0 Å². The van der Waals surface area contributed by atoms with Crippen LogP contribution < -0.4 is 5.73 Å². The average molecular weight is 267 g/mol. The van der Waals surface area contributed by atoms with Crippen molar-refractivity contribution in [3.05, 3.63) is 0 Å². The molecule has 0 aromatic heterocycles. The summed E-state index contributed by atoms with van der Waals surface area (Å²) in [6, 6.07) is 0.386. The monoisotopic (exact) mass is 267 g/mol. The van der Waals surface area contributed by atoms with E-state index in [4.69, 9.17) is 5.73 Å². The molecule has 2 heteroatoms. The Hall–Kier alpha value is 0.310. The van der Waals surface area contributed by atoms with Gasteiger partial charge in [0, 0.05) is 6.04 Å². The fraction of sp³-hybridized carbons (Fsp3) is 1.00. The lowest BCUT2D eigenvalue weighted by atomic mass is 9.49. The van der Waals surface area contributed by atoms with E-state index in [2.05, 4.69) is 18.7 Å². The molecule has 18 heavy (non-hydrogen) atoms. The van der Waals surface area contributed by atoms with E-state index in [1.54, 1.807) is 38.5 Å². The van der Waals surface area contributed by atoms with Crippen LogP contribution in [0, 0.1) is 23.2 Å². The predicted molar refractivity (Wildman–Crippen MR) is 80.8 cm³/mol. The second-order valence-electron chi connectivity index (χ2n) is 7.55. The minimum atomic E-state index is 0.386. The molecule has 0 aromatic rings. The lowest BCUT2D eigenvalue weighted by Gasteiger charge is -2.57. The Bertz CT molecular complexity index is 252. The Morgan fingerprint density at radius 2 is 1.61 bits per heavy atom. The highest BCUT2D eigenvalue weighted by molar-refractivity contribution is 7.99. The van der Waals surface area contributed by atoms with E-state index in [1.807, 2.05) is 0 Å². The van der Waals surface area contributed by atoms with Crippen molar-refractivity contribution < 1.29 is 0 Å². The smallest absolute Gasteiger partial charge is 0.00183 e. The fourth-order valence-corrected chi connectivity index (χ4v) is 6.58. The van der Waals surface area contributed by atoms with Gasteiger partial charge >= 0.3 is 0 Å². The lowest BCUT2D eigenvalue weighted by molar-refractivity contribution is -0.0538. The molecule has 4 bridgehead atoms. The summed E-state index contributed by atoms with van der Waals surface area (Å²) >= 11 is 2.15. The molecular formula is C16H29NS. The van der Waals surface area contributed by atoms with Crippen LogP contribution in [0.1, 0.15) is 58.3 Å². The van der Waals surface area contributed by atoms with Crippen molar-refractivity contribution in [1.82, 2.24) is 0 Å². The fourth-order valence-electron chi connectivity index (χ4n) is 5.26. The van der Waals surface area contributed by atoms with E-state index < -0.39 is 0 Å². The predicted octanol–water partition coefficient (Wildman–Crippen LogP) is 4.06. The molecule has 0 radical (unpaired) electrons. The largest absolute Gasteiger partial charge is 0.328 e. The van der Waals surface area contributed by atoms with Gasteiger partial charge in [0.25, 0.3) is 0 Å². The van der Waals surface area contributed by atoms with Gasteiger partial charge in [-0.25, -0.2) is 0 Å². The minimum absolute atomic E-state index is 0.386. The Morgan fingerprint density at radius 3 is 2.11 bits per heavy atom. The number of hydrogen-bond acceptors (Lipinski definition) is 2. The van der Waals surface area contributed by atoms with Gasteiger partial charge < -0.3 is 5.73 Å². The van der Waals surface area contributed by atoms with Crippen LogP contribution in [0.25, 0.3) is 0 Å². The van der Waals surface area contributed by atoms with Gasteiger partial charge in [-0.05, 0) is 93.0 Å². The zero-order valence-electron chi connectivity index (χ0n) is 11.9. The van der Waals surface area contributed by atoms with E-state index in [-0.39, 0.29) is 0 Å². The van der Waals surface area contributed by atoms with Crippen molar-refractivity contribution in [2.24, 2.45) is 28.9 Å². The summed E-state index contributed by atoms with van der Waals surface area (Å²) < 4.78 is 0. The van der Waals surface area contributed by atoms with E-state index in [9.17, 15) is 0 Å². The normalized spacial score (nSPS) is 43.3. The highest BCUT2D eigenvalue weighted by Gasteiger charge is 2.50. The molecule has 4 fully saturated rings. The summed E-state index contributed by atoms with van der Waals surface area (Å²) in [6.07, 6.45) is 12.2. The molecular weight excluding hydrogens is 238 g/mol. The van der Waals surface area contributed by atoms with Crippen molar-refractivity contribution in [2.45, 2.75) is 64.3 Å². The molecule has 2 N–H and O–H groups in total. The molecule has 0 aliphatic heterocycles. The number of hydrogen-bond donors (Lipinski definition) is 1. The second-order valence-corrected chi connectivity index (χ2v) is 8.77. The Labute approximate surface area is 117 Å². The van der Waals surface area contributed by atoms with Crippen LogP contribution >= 0.6 is 11.8 Å². The SMILES string of the molecule is CC(N)CCSCCC12CC3CC(CC(C3)C1)C2. The topological polar surface area (TPSA) is 26.0 Å².